The molecule has 4 aromatic rings. The maximum absolute atomic E-state index is 13.7. The van der Waals surface area contributed by atoms with Gasteiger partial charge >= 0.3 is 12.3 Å². The molecule has 2 amide bonds. The number of hydrogen-bond acceptors (Lipinski definition) is 9. The van der Waals surface area contributed by atoms with Crippen molar-refractivity contribution in [1.29, 1.82) is 0 Å². The number of halogens is 3. The van der Waals surface area contributed by atoms with Crippen LogP contribution in [-0.4, -0.2) is 57.8 Å². The predicted octanol–water partition coefficient (Wildman–Crippen LogP) is 5.55. The van der Waals surface area contributed by atoms with Gasteiger partial charge in [-0.1, -0.05) is 12.1 Å². The van der Waals surface area contributed by atoms with E-state index in [2.05, 4.69) is 20.6 Å². The highest BCUT2D eigenvalue weighted by Crippen LogP contribution is 2.36. The minimum Gasteiger partial charge on any atom is -0.496 e. The minimum absolute atomic E-state index is 0.0431. The molecule has 41 heavy (non-hydrogen) atoms. The van der Waals surface area contributed by atoms with Crippen molar-refractivity contribution < 1.29 is 36.7 Å². The lowest BCUT2D eigenvalue weighted by Gasteiger charge is -2.24. The van der Waals surface area contributed by atoms with E-state index in [1.54, 1.807) is 45.0 Å². The van der Waals surface area contributed by atoms with E-state index in [4.69, 9.17) is 13.9 Å². The predicted molar refractivity (Wildman–Crippen MR) is 144 cm³/mol. The van der Waals surface area contributed by atoms with Gasteiger partial charge in [-0.05, 0) is 45.9 Å². The van der Waals surface area contributed by atoms with Gasteiger partial charge in [0.2, 0.25) is 5.91 Å². The third kappa shape index (κ3) is 6.67. The molecule has 0 aliphatic rings. The topological polar surface area (TPSA) is 125 Å². The van der Waals surface area contributed by atoms with Crippen LogP contribution in [0.5, 0.6) is 5.75 Å². The van der Waals surface area contributed by atoms with E-state index in [0.29, 0.717) is 16.3 Å². The SMILES string of the molecule is COc1ccccc1-c1nnc(-c2cc(C(F)(F)F)nn2-c2csc(N(C)C(=O)C(C)NC(=O)OC(C)(C)C)c2)o1. The Labute approximate surface area is 236 Å². The number of para-hydroxylation sites is 1. The summed E-state index contributed by atoms with van der Waals surface area (Å²) < 4.78 is 58.2. The van der Waals surface area contributed by atoms with E-state index in [1.807, 2.05) is 0 Å². The molecule has 0 aliphatic carbocycles. The normalized spacial score (nSPS) is 12.6. The molecule has 4 rings (SSSR count). The van der Waals surface area contributed by atoms with E-state index < -0.39 is 35.5 Å². The zero-order chi connectivity index (χ0) is 30.1. The molecule has 3 heterocycles. The number of carbonyl (C=O) groups is 2. The molecule has 218 valence electrons. The fourth-order valence-electron chi connectivity index (χ4n) is 3.67. The molecule has 15 heteroatoms. The number of methoxy groups -OCH3 is 1. The fourth-order valence-corrected chi connectivity index (χ4v) is 4.52. The molecule has 1 unspecified atom stereocenters. The van der Waals surface area contributed by atoms with Crippen molar-refractivity contribution in [2.24, 2.45) is 0 Å². The van der Waals surface area contributed by atoms with Crippen molar-refractivity contribution in [3.63, 3.8) is 0 Å². The summed E-state index contributed by atoms with van der Waals surface area (Å²) in [6.07, 6.45) is -5.51. The second-order valence-corrected chi connectivity index (χ2v) is 10.7. The summed E-state index contributed by atoms with van der Waals surface area (Å²) in [6.45, 7) is 6.58. The first-order chi connectivity index (χ1) is 19.2. The summed E-state index contributed by atoms with van der Waals surface area (Å²) >= 11 is 1.09. The lowest BCUT2D eigenvalue weighted by molar-refractivity contribution is -0.141. The van der Waals surface area contributed by atoms with E-state index in [0.717, 1.165) is 22.1 Å². The summed E-state index contributed by atoms with van der Waals surface area (Å²) in [5.41, 5.74) is -1.34. The second-order valence-electron chi connectivity index (χ2n) is 9.85. The maximum atomic E-state index is 13.7. The van der Waals surface area contributed by atoms with Crippen molar-refractivity contribution in [3.8, 4) is 34.5 Å². The number of amides is 2. The van der Waals surface area contributed by atoms with Gasteiger partial charge in [-0.2, -0.15) is 18.3 Å². The van der Waals surface area contributed by atoms with Gasteiger partial charge in [0.05, 0.1) is 23.4 Å². The number of aromatic nitrogens is 4. The molecule has 3 aromatic heterocycles. The van der Waals surface area contributed by atoms with Crippen LogP contribution in [0.2, 0.25) is 0 Å². The number of ether oxygens (including phenoxy) is 2. The smallest absolute Gasteiger partial charge is 0.435 e. The van der Waals surface area contributed by atoms with Gasteiger partial charge < -0.3 is 24.1 Å². The third-order valence-electron chi connectivity index (χ3n) is 5.56. The number of benzene rings is 1. The summed E-state index contributed by atoms with van der Waals surface area (Å²) in [7, 11) is 2.94. The molecule has 0 saturated carbocycles. The molecular formula is C26H27F3N6O5S. The summed E-state index contributed by atoms with van der Waals surface area (Å²) in [6, 6.07) is 8.17. The molecular weight excluding hydrogens is 565 g/mol. The Morgan fingerprint density at radius 3 is 2.46 bits per heavy atom. The molecule has 0 saturated heterocycles. The summed E-state index contributed by atoms with van der Waals surface area (Å²) in [4.78, 5) is 26.3. The Morgan fingerprint density at radius 1 is 1.12 bits per heavy atom. The van der Waals surface area contributed by atoms with Crippen LogP contribution in [0.15, 0.2) is 46.2 Å². The number of nitrogens with one attached hydrogen (secondary N) is 1. The molecule has 0 aliphatic heterocycles. The minimum atomic E-state index is -4.75. The first-order valence-electron chi connectivity index (χ1n) is 12.2. The number of rotatable bonds is 7. The standard InChI is InChI=1S/C26H27F3N6O5S/c1-14(30-24(37)40-25(2,3)4)23(36)34(5)20-11-15(13-41-20)35-17(12-19(33-35)26(27,28)29)22-32-31-21(39-22)16-9-7-8-10-18(16)38-6/h7-14H,1-6H3,(H,30,37). The molecule has 1 N–H and O–H groups in total. The van der Waals surface area contributed by atoms with Crippen LogP contribution in [0, 0.1) is 0 Å². The number of anilines is 1. The Hall–Kier alpha value is -4.40. The Balaban J connectivity index is 1.63. The Morgan fingerprint density at radius 2 is 1.80 bits per heavy atom. The van der Waals surface area contributed by atoms with Gasteiger partial charge in [0.25, 0.3) is 11.8 Å². The number of thiophene rings is 1. The van der Waals surface area contributed by atoms with Crippen LogP contribution in [-0.2, 0) is 15.7 Å². The third-order valence-corrected chi connectivity index (χ3v) is 6.56. The molecule has 1 aromatic carbocycles. The molecule has 1 atom stereocenters. The maximum Gasteiger partial charge on any atom is 0.435 e. The highest BCUT2D eigenvalue weighted by Gasteiger charge is 2.36. The first kappa shape index (κ1) is 29.6. The summed E-state index contributed by atoms with van der Waals surface area (Å²) in [5.74, 6) is -0.195. The van der Waals surface area contributed by atoms with Crippen LogP contribution in [0.1, 0.15) is 33.4 Å². The van der Waals surface area contributed by atoms with Gasteiger partial charge in [-0.25, -0.2) is 9.48 Å². The van der Waals surface area contributed by atoms with Crippen LogP contribution >= 0.6 is 11.3 Å². The average Bonchev–Trinajstić information content (AvgIpc) is 3.65. The van der Waals surface area contributed by atoms with Crippen LogP contribution in [0.25, 0.3) is 28.7 Å². The zero-order valence-electron chi connectivity index (χ0n) is 22.9. The van der Waals surface area contributed by atoms with Crippen molar-refractivity contribution in [2.75, 3.05) is 19.1 Å². The van der Waals surface area contributed by atoms with Gasteiger partial charge in [0.15, 0.2) is 5.69 Å². The van der Waals surface area contributed by atoms with E-state index in [-0.39, 0.29) is 23.2 Å². The monoisotopic (exact) mass is 592 g/mol. The lowest BCUT2D eigenvalue weighted by atomic mass is 10.2. The quantitative estimate of drug-likeness (QED) is 0.296. The van der Waals surface area contributed by atoms with Gasteiger partial charge in [0.1, 0.15) is 23.1 Å². The number of alkyl halides is 3. The van der Waals surface area contributed by atoms with Crippen molar-refractivity contribution in [1.82, 2.24) is 25.3 Å². The Kier molecular flexibility index (Phi) is 8.10. The molecule has 0 fully saturated rings. The van der Waals surface area contributed by atoms with E-state index in [9.17, 15) is 22.8 Å². The van der Waals surface area contributed by atoms with Crippen LogP contribution in [0.3, 0.4) is 0 Å². The lowest BCUT2D eigenvalue weighted by Crippen LogP contribution is -2.47. The van der Waals surface area contributed by atoms with Gasteiger partial charge in [-0.15, -0.1) is 21.5 Å². The van der Waals surface area contributed by atoms with Crippen molar-refractivity contribution >= 4 is 28.3 Å². The number of likely N-dealkylation sites (N-methyl/N-ethyl adjacent to an activating group) is 1. The van der Waals surface area contributed by atoms with E-state index >= 15 is 0 Å². The number of alkyl carbamates (subject to hydrolysis) is 1. The number of hydrogen-bond donors (Lipinski definition) is 1. The molecule has 0 bridgehead atoms. The van der Waals surface area contributed by atoms with Crippen LogP contribution in [0.4, 0.5) is 23.0 Å². The highest BCUT2D eigenvalue weighted by atomic mass is 32.1. The molecule has 0 spiro atoms. The van der Waals surface area contributed by atoms with Gasteiger partial charge in [-0.3, -0.25) is 4.79 Å². The first-order valence-corrected chi connectivity index (χ1v) is 13.1. The summed E-state index contributed by atoms with van der Waals surface area (Å²) in [5, 5.41) is 16.1. The Bertz CT molecular complexity index is 1560. The largest absolute Gasteiger partial charge is 0.496 e. The fraction of sp³-hybridized carbons (Fsp3) is 0.346. The van der Waals surface area contributed by atoms with E-state index in [1.165, 1.54) is 37.4 Å². The van der Waals surface area contributed by atoms with Crippen molar-refractivity contribution in [2.45, 2.75) is 45.5 Å². The highest BCUT2D eigenvalue weighted by molar-refractivity contribution is 7.14. The van der Waals surface area contributed by atoms with Gasteiger partial charge in [0, 0.05) is 18.5 Å². The number of nitrogens with zero attached hydrogens (tertiary/aromatic N) is 5. The number of carbonyl (C=O) groups excluding carboxylic acids is 2. The zero-order valence-corrected chi connectivity index (χ0v) is 23.8. The molecule has 11 nitrogen and oxygen atoms in total. The second kappa shape index (κ2) is 11.2. The molecule has 0 radical (unpaired) electrons. The average molecular weight is 593 g/mol. The van der Waals surface area contributed by atoms with Crippen molar-refractivity contribution in [3.05, 3.63) is 47.5 Å². The van der Waals surface area contributed by atoms with Crippen LogP contribution < -0.4 is 15.0 Å².